The summed E-state index contributed by atoms with van der Waals surface area (Å²) in [7, 11) is 0. The van der Waals surface area contributed by atoms with E-state index in [1.54, 1.807) is 0 Å². The summed E-state index contributed by atoms with van der Waals surface area (Å²) in [6.45, 7) is -0.201. The average molecular weight is 247 g/mol. The summed E-state index contributed by atoms with van der Waals surface area (Å²) < 4.78 is 25.5. The van der Waals surface area contributed by atoms with Gasteiger partial charge in [0.15, 0.2) is 11.6 Å². The van der Waals surface area contributed by atoms with Gasteiger partial charge in [-0.2, -0.15) is 0 Å². The summed E-state index contributed by atoms with van der Waals surface area (Å²) in [4.78, 5) is 0. The van der Waals surface area contributed by atoms with Crippen LogP contribution in [0.2, 0.25) is 0 Å². The van der Waals surface area contributed by atoms with E-state index in [4.69, 9.17) is 10.2 Å². The van der Waals surface area contributed by atoms with Crippen LogP contribution in [0.25, 0.3) is 0 Å². The van der Waals surface area contributed by atoms with Gasteiger partial charge in [0.2, 0.25) is 0 Å². The minimum atomic E-state index is -1.02. The molecule has 0 spiro atoms. The lowest BCUT2D eigenvalue weighted by molar-refractivity contribution is 0.0890. The smallest absolute Gasteiger partial charge is 0.159 e. The Morgan fingerprint density at radius 2 is 1.82 bits per heavy atom. The second-order valence-corrected chi connectivity index (χ2v) is 3.68. The van der Waals surface area contributed by atoms with Crippen LogP contribution >= 0.6 is 0 Å². The van der Waals surface area contributed by atoms with E-state index in [-0.39, 0.29) is 25.3 Å². The first-order valence-corrected chi connectivity index (χ1v) is 5.17. The number of rotatable bonds is 6. The second-order valence-electron chi connectivity index (χ2n) is 3.68. The van der Waals surface area contributed by atoms with Crippen LogP contribution in [-0.2, 0) is 0 Å². The van der Waals surface area contributed by atoms with Gasteiger partial charge in [0.05, 0.1) is 18.8 Å². The number of halogens is 2. The Labute approximate surface area is 97.5 Å². The molecule has 0 amide bonds. The Kier molecular flexibility index (Phi) is 5.43. The summed E-state index contributed by atoms with van der Waals surface area (Å²) in [5.74, 6) is -1.98. The Bertz CT molecular complexity index is 363. The first kappa shape index (κ1) is 14.0. The summed E-state index contributed by atoms with van der Waals surface area (Å²) in [6.07, 6.45) is -1.91. The molecule has 0 aromatic heterocycles. The molecule has 4 nitrogen and oxygen atoms in total. The topological polar surface area (TPSA) is 72.7 Å². The predicted molar refractivity (Wildman–Crippen MR) is 57.3 cm³/mol. The molecule has 4 N–H and O–H groups in total. The van der Waals surface area contributed by atoms with Gasteiger partial charge in [-0.15, -0.1) is 0 Å². The second kappa shape index (κ2) is 6.61. The third-order valence-electron chi connectivity index (χ3n) is 2.26. The van der Waals surface area contributed by atoms with Crippen LogP contribution in [0.5, 0.6) is 0 Å². The molecular formula is C11H15F2NO3. The fourth-order valence-electron chi connectivity index (χ4n) is 1.29. The highest BCUT2D eigenvalue weighted by Crippen LogP contribution is 2.15. The molecule has 1 aromatic rings. The molecular weight excluding hydrogens is 232 g/mol. The van der Waals surface area contributed by atoms with Gasteiger partial charge < -0.3 is 20.6 Å². The van der Waals surface area contributed by atoms with Crippen molar-refractivity contribution >= 4 is 0 Å². The van der Waals surface area contributed by atoms with Crippen molar-refractivity contribution in [3.63, 3.8) is 0 Å². The highest BCUT2D eigenvalue weighted by Gasteiger charge is 2.11. The molecule has 1 rings (SSSR count). The minimum Gasteiger partial charge on any atom is -0.394 e. The van der Waals surface area contributed by atoms with E-state index in [9.17, 15) is 13.9 Å². The van der Waals surface area contributed by atoms with Crippen molar-refractivity contribution in [3.8, 4) is 0 Å². The molecule has 0 radical (unpaired) electrons. The third-order valence-corrected chi connectivity index (χ3v) is 2.26. The maximum atomic E-state index is 12.9. The first-order valence-electron chi connectivity index (χ1n) is 5.17. The highest BCUT2D eigenvalue weighted by atomic mass is 19.2. The van der Waals surface area contributed by atoms with E-state index >= 15 is 0 Å². The zero-order chi connectivity index (χ0) is 12.8. The van der Waals surface area contributed by atoms with Crippen molar-refractivity contribution in [2.24, 2.45) is 0 Å². The number of benzene rings is 1. The van der Waals surface area contributed by atoms with Crippen LogP contribution in [0.3, 0.4) is 0 Å². The van der Waals surface area contributed by atoms with E-state index in [1.165, 1.54) is 6.07 Å². The zero-order valence-corrected chi connectivity index (χ0v) is 9.11. The van der Waals surface area contributed by atoms with Crippen molar-refractivity contribution in [1.82, 2.24) is 5.32 Å². The lowest BCUT2D eigenvalue weighted by Gasteiger charge is -2.14. The van der Waals surface area contributed by atoms with Gasteiger partial charge in [-0.25, -0.2) is 8.78 Å². The minimum absolute atomic E-state index is 0.0716. The predicted octanol–water partition coefficient (Wildman–Crippen LogP) is -0.0590. The molecule has 6 heteroatoms. The summed E-state index contributed by atoms with van der Waals surface area (Å²) in [5, 5.41) is 29.9. The number of hydrogen-bond donors (Lipinski definition) is 4. The van der Waals surface area contributed by atoms with Crippen LogP contribution in [-0.4, -0.2) is 41.1 Å². The van der Waals surface area contributed by atoms with Gasteiger partial charge >= 0.3 is 0 Å². The van der Waals surface area contributed by atoms with Crippen molar-refractivity contribution in [3.05, 3.63) is 35.4 Å². The Morgan fingerprint density at radius 3 is 2.41 bits per heavy atom. The molecule has 0 saturated carbocycles. The largest absolute Gasteiger partial charge is 0.394 e. The normalized spacial score (nSPS) is 14.6. The van der Waals surface area contributed by atoms with Gasteiger partial charge in [0, 0.05) is 13.1 Å². The highest BCUT2D eigenvalue weighted by molar-refractivity contribution is 5.20. The van der Waals surface area contributed by atoms with Gasteiger partial charge in [-0.1, -0.05) is 6.07 Å². The third kappa shape index (κ3) is 4.35. The molecule has 1 aromatic carbocycles. The standard InChI is InChI=1S/C11H15F2NO3/c12-9-2-1-7(3-10(9)13)11(17)5-14-4-8(16)6-15/h1-3,8,11,14-17H,4-6H2. The zero-order valence-electron chi connectivity index (χ0n) is 9.11. The van der Waals surface area contributed by atoms with Crippen LogP contribution in [0.1, 0.15) is 11.7 Å². The lowest BCUT2D eigenvalue weighted by atomic mass is 10.1. The molecule has 0 bridgehead atoms. The molecule has 96 valence electrons. The quantitative estimate of drug-likeness (QED) is 0.568. The lowest BCUT2D eigenvalue weighted by Crippen LogP contribution is -2.32. The number of nitrogens with one attached hydrogen (secondary N) is 1. The number of hydrogen-bond acceptors (Lipinski definition) is 4. The van der Waals surface area contributed by atoms with Gasteiger partial charge in [0.1, 0.15) is 0 Å². The van der Waals surface area contributed by atoms with Crippen LogP contribution in [0.15, 0.2) is 18.2 Å². The summed E-state index contributed by atoms with van der Waals surface area (Å²) in [5.41, 5.74) is 0.245. The molecule has 0 aliphatic carbocycles. The van der Waals surface area contributed by atoms with Crippen LogP contribution in [0.4, 0.5) is 8.78 Å². The van der Waals surface area contributed by atoms with E-state index in [0.717, 1.165) is 12.1 Å². The molecule has 17 heavy (non-hydrogen) atoms. The molecule has 0 fully saturated rings. The molecule has 0 heterocycles. The average Bonchev–Trinajstić information content (AvgIpc) is 2.32. The number of aliphatic hydroxyl groups is 3. The van der Waals surface area contributed by atoms with E-state index in [0.29, 0.717) is 0 Å². The van der Waals surface area contributed by atoms with Crippen molar-refractivity contribution in [2.75, 3.05) is 19.7 Å². The van der Waals surface area contributed by atoms with E-state index in [1.807, 2.05) is 0 Å². The Morgan fingerprint density at radius 1 is 1.12 bits per heavy atom. The fourth-order valence-corrected chi connectivity index (χ4v) is 1.29. The summed E-state index contributed by atoms with van der Waals surface area (Å²) in [6, 6.07) is 3.15. The first-order chi connectivity index (χ1) is 8.04. The van der Waals surface area contributed by atoms with Crippen molar-refractivity contribution in [2.45, 2.75) is 12.2 Å². The maximum Gasteiger partial charge on any atom is 0.159 e. The SMILES string of the molecule is OCC(O)CNCC(O)c1ccc(F)c(F)c1. The fraction of sp³-hybridized carbons (Fsp3) is 0.455. The van der Waals surface area contributed by atoms with Gasteiger partial charge in [-0.05, 0) is 17.7 Å². The van der Waals surface area contributed by atoms with Crippen molar-refractivity contribution < 1.29 is 24.1 Å². The maximum absolute atomic E-state index is 12.9. The number of aliphatic hydroxyl groups excluding tert-OH is 3. The molecule has 0 saturated heterocycles. The van der Waals surface area contributed by atoms with Crippen LogP contribution < -0.4 is 5.32 Å². The molecule has 0 aliphatic rings. The molecule has 2 atom stereocenters. The monoisotopic (exact) mass is 247 g/mol. The van der Waals surface area contributed by atoms with Crippen LogP contribution in [0, 0.1) is 11.6 Å². The molecule has 2 unspecified atom stereocenters. The van der Waals surface area contributed by atoms with E-state index < -0.39 is 23.8 Å². The Balaban J connectivity index is 2.46. The molecule has 0 aliphatic heterocycles. The van der Waals surface area contributed by atoms with E-state index in [2.05, 4.69) is 5.32 Å². The van der Waals surface area contributed by atoms with Gasteiger partial charge in [-0.3, -0.25) is 0 Å². The summed E-state index contributed by atoms with van der Waals surface area (Å²) >= 11 is 0. The van der Waals surface area contributed by atoms with Crippen molar-refractivity contribution in [1.29, 1.82) is 0 Å². The van der Waals surface area contributed by atoms with Gasteiger partial charge in [0.25, 0.3) is 0 Å². The Hall–Kier alpha value is -1.08.